The van der Waals surface area contributed by atoms with E-state index in [2.05, 4.69) is 16.0 Å². The van der Waals surface area contributed by atoms with Crippen molar-refractivity contribution in [3.05, 3.63) is 63.6 Å². The quantitative estimate of drug-likeness (QED) is 0.687. The number of thiocarbonyl (C=S) groups is 1. The first kappa shape index (κ1) is 19.2. The van der Waals surface area contributed by atoms with Gasteiger partial charge in [0.1, 0.15) is 0 Å². The highest BCUT2D eigenvalue weighted by atomic mass is 35.5. The smallest absolute Gasteiger partial charge is 0.258 e. The minimum absolute atomic E-state index is 0.0871. The first-order chi connectivity index (χ1) is 11.9. The molecule has 0 aliphatic carbocycles. The molecule has 2 aromatic carbocycles. The standard InChI is InChI=1S/C17H15Cl2N3O2S/c1-2-20-15(23)10-4-3-5-12(8-10)21-17(25)22-16(24)13-7-6-11(18)9-14(13)19/h3-9H,2H2,1H3,(H,20,23)(H2,21,22,24,25). The number of carbonyl (C=O) groups excluding carboxylic acids is 2. The molecule has 0 aliphatic heterocycles. The number of rotatable bonds is 4. The zero-order valence-corrected chi connectivity index (χ0v) is 15.6. The lowest BCUT2D eigenvalue weighted by molar-refractivity contribution is 0.0953. The van der Waals surface area contributed by atoms with Gasteiger partial charge in [0.15, 0.2) is 5.11 Å². The van der Waals surface area contributed by atoms with Crippen molar-refractivity contribution in [2.45, 2.75) is 6.92 Å². The zero-order valence-electron chi connectivity index (χ0n) is 13.2. The molecule has 2 amide bonds. The van der Waals surface area contributed by atoms with Crippen molar-refractivity contribution in [1.29, 1.82) is 0 Å². The van der Waals surface area contributed by atoms with Crippen molar-refractivity contribution in [2.24, 2.45) is 0 Å². The van der Waals surface area contributed by atoms with Crippen LogP contribution in [0.2, 0.25) is 10.0 Å². The summed E-state index contributed by atoms with van der Waals surface area (Å²) in [6.45, 7) is 2.37. The molecule has 0 aliphatic rings. The monoisotopic (exact) mass is 395 g/mol. The van der Waals surface area contributed by atoms with Crippen LogP contribution in [-0.2, 0) is 0 Å². The molecule has 0 saturated carbocycles. The maximum atomic E-state index is 12.2. The van der Waals surface area contributed by atoms with Gasteiger partial charge in [-0.25, -0.2) is 0 Å². The Morgan fingerprint density at radius 1 is 1.08 bits per heavy atom. The summed E-state index contributed by atoms with van der Waals surface area (Å²) in [5.41, 5.74) is 1.32. The first-order valence-corrected chi connectivity index (χ1v) is 8.52. The Balaban J connectivity index is 2.03. The predicted octanol–water partition coefficient (Wildman–Crippen LogP) is 3.87. The van der Waals surface area contributed by atoms with E-state index in [1.165, 1.54) is 12.1 Å². The SMILES string of the molecule is CCNC(=O)c1cccc(NC(=S)NC(=O)c2ccc(Cl)cc2Cl)c1. The molecule has 0 spiro atoms. The van der Waals surface area contributed by atoms with E-state index in [0.29, 0.717) is 22.8 Å². The third-order valence-electron chi connectivity index (χ3n) is 3.12. The van der Waals surface area contributed by atoms with E-state index in [4.69, 9.17) is 35.4 Å². The molecule has 2 aromatic rings. The number of benzene rings is 2. The fourth-order valence-electron chi connectivity index (χ4n) is 2.01. The summed E-state index contributed by atoms with van der Waals surface area (Å²) in [6, 6.07) is 11.3. The summed E-state index contributed by atoms with van der Waals surface area (Å²) in [4.78, 5) is 24.1. The minimum atomic E-state index is -0.459. The normalized spacial score (nSPS) is 10.0. The van der Waals surface area contributed by atoms with E-state index in [-0.39, 0.29) is 21.6 Å². The fraction of sp³-hybridized carbons (Fsp3) is 0.118. The van der Waals surface area contributed by atoms with Crippen LogP contribution in [0, 0.1) is 0 Å². The van der Waals surface area contributed by atoms with Gasteiger partial charge >= 0.3 is 0 Å². The van der Waals surface area contributed by atoms with Crippen LogP contribution in [0.5, 0.6) is 0 Å². The molecule has 0 heterocycles. The average molecular weight is 396 g/mol. The largest absolute Gasteiger partial charge is 0.352 e. The molecule has 0 unspecified atom stereocenters. The third kappa shape index (κ3) is 5.42. The topological polar surface area (TPSA) is 70.2 Å². The Bertz CT molecular complexity index is 827. The number of carbonyl (C=O) groups is 2. The summed E-state index contributed by atoms with van der Waals surface area (Å²) >= 11 is 16.9. The number of nitrogens with one attached hydrogen (secondary N) is 3. The van der Waals surface area contributed by atoms with Crippen LogP contribution in [0.25, 0.3) is 0 Å². The maximum Gasteiger partial charge on any atom is 0.258 e. The van der Waals surface area contributed by atoms with Gasteiger partial charge in [-0.15, -0.1) is 0 Å². The van der Waals surface area contributed by atoms with Gasteiger partial charge in [-0.3, -0.25) is 14.9 Å². The predicted molar refractivity (Wildman–Crippen MR) is 105 cm³/mol. The van der Waals surface area contributed by atoms with Crippen LogP contribution in [0.1, 0.15) is 27.6 Å². The fourth-order valence-corrected chi connectivity index (χ4v) is 2.71. The van der Waals surface area contributed by atoms with E-state index < -0.39 is 5.91 Å². The summed E-state index contributed by atoms with van der Waals surface area (Å²) in [5.74, 6) is -0.645. The molecule has 5 nitrogen and oxygen atoms in total. The highest BCUT2D eigenvalue weighted by Crippen LogP contribution is 2.20. The van der Waals surface area contributed by atoms with Crippen molar-refractivity contribution in [3.63, 3.8) is 0 Å². The lowest BCUT2D eigenvalue weighted by Gasteiger charge is -2.11. The van der Waals surface area contributed by atoms with Gasteiger partial charge in [-0.2, -0.15) is 0 Å². The van der Waals surface area contributed by atoms with Crippen LogP contribution in [-0.4, -0.2) is 23.5 Å². The van der Waals surface area contributed by atoms with Gasteiger partial charge in [-0.1, -0.05) is 29.3 Å². The van der Waals surface area contributed by atoms with Gasteiger partial charge in [-0.05, 0) is 55.5 Å². The summed E-state index contributed by atoms with van der Waals surface area (Å²) in [7, 11) is 0. The first-order valence-electron chi connectivity index (χ1n) is 7.36. The van der Waals surface area contributed by atoms with Gasteiger partial charge in [0.05, 0.1) is 10.6 Å². The Hall–Kier alpha value is -2.15. The molecule has 0 radical (unpaired) electrons. The molecule has 2 rings (SSSR count). The van der Waals surface area contributed by atoms with E-state index in [1.807, 2.05) is 6.92 Å². The molecule has 0 fully saturated rings. The van der Waals surface area contributed by atoms with Crippen LogP contribution in [0.4, 0.5) is 5.69 Å². The Morgan fingerprint density at radius 2 is 1.84 bits per heavy atom. The molecule has 25 heavy (non-hydrogen) atoms. The maximum absolute atomic E-state index is 12.2. The van der Waals surface area contributed by atoms with Crippen molar-refractivity contribution in [1.82, 2.24) is 10.6 Å². The van der Waals surface area contributed by atoms with Gasteiger partial charge in [0.25, 0.3) is 11.8 Å². The molecular formula is C17H15Cl2N3O2S. The lowest BCUT2D eigenvalue weighted by Crippen LogP contribution is -2.34. The molecule has 0 atom stereocenters. The molecular weight excluding hydrogens is 381 g/mol. The van der Waals surface area contributed by atoms with Crippen LogP contribution >= 0.6 is 35.4 Å². The van der Waals surface area contributed by atoms with Crippen molar-refractivity contribution >= 4 is 58.0 Å². The highest BCUT2D eigenvalue weighted by molar-refractivity contribution is 7.80. The number of amides is 2. The van der Waals surface area contributed by atoms with Crippen molar-refractivity contribution in [2.75, 3.05) is 11.9 Å². The second-order valence-electron chi connectivity index (χ2n) is 4.97. The number of hydrogen-bond acceptors (Lipinski definition) is 3. The number of halogens is 2. The summed E-state index contributed by atoms with van der Waals surface area (Å²) in [5, 5.41) is 8.85. The lowest BCUT2D eigenvalue weighted by atomic mass is 10.2. The number of anilines is 1. The Morgan fingerprint density at radius 3 is 2.52 bits per heavy atom. The molecule has 3 N–H and O–H groups in total. The van der Waals surface area contributed by atoms with E-state index >= 15 is 0 Å². The molecule has 130 valence electrons. The number of hydrogen-bond donors (Lipinski definition) is 3. The second-order valence-corrected chi connectivity index (χ2v) is 6.22. The Labute approximate surface area is 160 Å². The second kappa shape index (κ2) is 8.80. The molecule has 8 heteroatoms. The van der Waals surface area contributed by atoms with Crippen LogP contribution in [0.15, 0.2) is 42.5 Å². The third-order valence-corrected chi connectivity index (χ3v) is 3.87. The van der Waals surface area contributed by atoms with Crippen molar-refractivity contribution in [3.8, 4) is 0 Å². The summed E-state index contributed by atoms with van der Waals surface area (Å²) < 4.78 is 0. The van der Waals surface area contributed by atoms with Crippen LogP contribution < -0.4 is 16.0 Å². The van der Waals surface area contributed by atoms with Crippen molar-refractivity contribution < 1.29 is 9.59 Å². The highest BCUT2D eigenvalue weighted by Gasteiger charge is 2.13. The van der Waals surface area contributed by atoms with E-state index in [1.54, 1.807) is 30.3 Å². The summed E-state index contributed by atoms with van der Waals surface area (Å²) in [6.07, 6.45) is 0. The van der Waals surface area contributed by atoms with Gasteiger partial charge in [0, 0.05) is 22.8 Å². The molecule has 0 aromatic heterocycles. The Kier molecular flexibility index (Phi) is 6.75. The van der Waals surface area contributed by atoms with E-state index in [9.17, 15) is 9.59 Å². The van der Waals surface area contributed by atoms with Crippen LogP contribution in [0.3, 0.4) is 0 Å². The molecule has 0 bridgehead atoms. The zero-order chi connectivity index (χ0) is 18.4. The van der Waals surface area contributed by atoms with E-state index in [0.717, 1.165) is 0 Å². The molecule has 0 saturated heterocycles. The minimum Gasteiger partial charge on any atom is -0.352 e. The van der Waals surface area contributed by atoms with Gasteiger partial charge < -0.3 is 10.6 Å². The van der Waals surface area contributed by atoms with Gasteiger partial charge in [0.2, 0.25) is 0 Å². The average Bonchev–Trinajstić information content (AvgIpc) is 2.55.